The maximum absolute atomic E-state index is 10.7. The molecule has 0 bridgehead atoms. The number of nitrogens with zero attached hydrogens (tertiary/aromatic N) is 5. The molecule has 282 valence electrons. The Hall–Kier alpha value is -1.31. The van der Waals surface area contributed by atoms with Crippen LogP contribution in [-0.4, -0.2) is 172 Å². The molecule has 0 aromatic carbocycles. The number of hydrogen-bond acceptors (Lipinski definition) is 22. The molecule has 0 saturated carbocycles. The molecule has 31 heteroatoms. The van der Waals surface area contributed by atoms with E-state index < -0.39 is 62.1 Å². The molecule has 3 aliphatic rings. The Bertz CT molecular complexity index is 1330. The molecule has 0 radical (unpaired) electrons. The van der Waals surface area contributed by atoms with Crippen molar-refractivity contribution in [2.75, 3.05) is 105 Å². The van der Waals surface area contributed by atoms with E-state index in [0.717, 1.165) is 5.34 Å². The molecule has 3 rings (SSSR count). The van der Waals surface area contributed by atoms with Crippen LogP contribution in [0.4, 0.5) is 0 Å². The van der Waals surface area contributed by atoms with Crippen LogP contribution in [0.1, 0.15) is 1.43 Å². The Morgan fingerprint density at radius 3 is 1.40 bits per heavy atom. The van der Waals surface area contributed by atoms with Gasteiger partial charge in [-0.2, -0.15) is 16.8 Å². The molecule has 6 N–H and O–H groups in total. The van der Waals surface area contributed by atoms with Gasteiger partial charge in [-0.3, -0.25) is 19.4 Å². The van der Waals surface area contributed by atoms with E-state index >= 15 is 0 Å². The molecule has 3 aliphatic heterocycles. The summed E-state index contributed by atoms with van der Waals surface area (Å²) in [5.41, 5.74) is 0. The monoisotopic (exact) mass is 814 g/mol. The van der Waals surface area contributed by atoms with Gasteiger partial charge in [0.1, 0.15) is 0 Å². The van der Waals surface area contributed by atoms with Crippen molar-refractivity contribution < 1.29 is 97.1 Å². The second-order valence-electron chi connectivity index (χ2n) is 8.38. The molecule has 0 atom stereocenters. The van der Waals surface area contributed by atoms with E-state index in [4.69, 9.17) is 45.0 Å². The fourth-order valence-electron chi connectivity index (χ4n) is 2.44. The summed E-state index contributed by atoms with van der Waals surface area (Å²) >= 11 is 0. The van der Waals surface area contributed by atoms with Crippen LogP contribution in [0.2, 0.25) is 0 Å². The van der Waals surface area contributed by atoms with Crippen LogP contribution in [0.3, 0.4) is 0 Å². The molecular weight excluding hydrogens is 774 g/mol. The normalized spacial score (nSPS) is 18.4. The molecule has 0 aromatic heterocycles. The minimum Gasteiger partial charge on any atom is -0.444 e. The molecule has 3 saturated heterocycles. The van der Waals surface area contributed by atoms with Gasteiger partial charge in [0.25, 0.3) is 20.2 Å². The number of nitrogens with one attached hydrogen (secondary N) is 2. The number of nitroso groups, excluding NO2 is 1. The van der Waals surface area contributed by atoms with E-state index in [1.54, 1.807) is 0 Å². The topological polar surface area (TPSA) is 418 Å². The molecule has 3 fully saturated rings. The van der Waals surface area contributed by atoms with Crippen molar-refractivity contribution in [2.45, 2.75) is 0 Å². The largest absolute Gasteiger partial charge is 1.00 e. The van der Waals surface area contributed by atoms with Crippen molar-refractivity contribution in [1.82, 2.24) is 15.6 Å². The summed E-state index contributed by atoms with van der Waals surface area (Å²) in [7, 11) is -16.0. The zero-order valence-electron chi connectivity index (χ0n) is 26.8. The van der Waals surface area contributed by atoms with Gasteiger partial charge in [0.05, 0.1) is 90.9 Å². The summed E-state index contributed by atoms with van der Waals surface area (Å²) in [4.78, 5) is 17.9. The predicted molar refractivity (Wildman–Crippen MR) is 166 cm³/mol. The van der Waals surface area contributed by atoms with E-state index in [-0.39, 0.29) is 86.1 Å². The Morgan fingerprint density at radius 2 is 1.17 bits per heavy atom. The Morgan fingerprint density at radius 1 is 0.792 bits per heavy atom. The maximum atomic E-state index is 10.7. The Labute approximate surface area is 302 Å². The smallest absolute Gasteiger partial charge is 0.444 e. The van der Waals surface area contributed by atoms with Crippen molar-refractivity contribution in [3.05, 3.63) is 15.0 Å². The maximum Gasteiger partial charge on any atom is 1.00 e. The summed E-state index contributed by atoms with van der Waals surface area (Å²) in [6.07, 6.45) is 0. The second kappa shape index (κ2) is 31.7. The average Bonchev–Trinajstić information content (AvgIpc) is 2.95. The first kappa shape index (κ1) is 56.1. The van der Waals surface area contributed by atoms with Gasteiger partial charge in [-0.05, 0) is 0 Å². The number of aliphatic hydroxyl groups is 2. The van der Waals surface area contributed by atoms with Gasteiger partial charge in [0.2, 0.25) is 0 Å². The molecule has 0 aliphatic carbocycles. The van der Waals surface area contributed by atoms with Gasteiger partial charge < -0.3 is 30.4 Å². The van der Waals surface area contributed by atoms with Crippen LogP contribution in [0.25, 0.3) is 0 Å². The van der Waals surface area contributed by atoms with Crippen LogP contribution in [0, 0.1) is 25.8 Å². The van der Waals surface area contributed by atoms with Crippen molar-refractivity contribution >= 4 is 49.7 Å². The number of ether oxygens (including phenoxy) is 1. The zero-order chi connectivity index (χ0) is 37.6. The molecule has 0 amide bonds. The average molecular weight is 815 g/mol. The van der Waals surface area contributed by atoms with Gasteiger partial charge in [-0.1, -0.05) is 0 Å². The standard InChI is InChI=1S/C4H8N2O3S.C4H9NO2S.C4H8O3S.C3H9NO4S.C2H6O4S.N2.HNO2.Na/c7-5-6-1-3-10(8,9)4-2-6;6-8(7)3-1-5-2-4-8;5-8(6)3-1-7-2-4-8;5-3-4-1-2-9(6,7)8;3-1-2-7(4,5)6;1-2;2-1-3;/h1-4H2;5H,1-4H2;1-4H2;4-5H,1-3H2,(H,6,7,8);3H,1-2H2,(H,4,5,6);;(H,2,3);/q;;;;;;;+1. The molecule has 0 unspecified atom stereocenters. The van der Waals surface area contributed by atoms with Crippen LogP contribution in [0.15, 0.2) is 10.6 Å². The summed E-state index contributed by atoms with van der Waals surface area (Å²) in [6.45, 7) is 1.75. The van der Waals surface area contributed by atoms with Crippen LogP contribution >= 0.6 is 0 Å². The predicted octanol–water partition coefficient (Wildman–Crippen LogP) is -7.49. The van der Waals surface area contributed by atoms with Crippen molar-refractivity contribution in [1.29, 1.82) is 10.8 Å². The van der Waals surface area contributed by atoms with Gasteiger partial charge in [-0.15, -0.1) is 10.2 Å². The summed E-state index contributed by atoms with van der Waals surface area (Å²) < 4.78 is 124. The minimum absolute atomic E-state index is 0. The number of sulfone groups is 3. The van der Waals surface area contributed by atoms with Crippen molar-refractivity contribution in [2.24, 2.45) is 10.6 Å². The van der Waals surface area contributed by atoms with Crippen LogP contribution < -0.4 is 40.2 Å². The Kier molecular flexibility index (Phi) is 37.0. The van der Waals surface area contributed by atoms with E-state index in [1.807, 2.05) is 0 Å². The van der Waals surface area contributed by atoms with Gasteiger partial charge in [-0.25, -0.2) is 25.3 Å². The third-order valence-electron chi connectivity index (χ3n) is 4.69. The summed E-state index contributed by atoms with van der Waals surface area (Å²) in [5.74, 6) is 0.193. The van der Waals surface area contributed by atoms with Crippen molar-refractivity contribution in [3.63, 3.8) is 0 Å². The first-order valence-corrected chi connectivity index (χ1v) is 21.2. The molecular formula is C17H41N7NaO18S5+. The molecule has 3 heterocycles. The fraction of sp³-hybridized carbons (Fsp3) is 1.00. The summed E-state index contributed by atoms with van der Waals surface area (Å²) in [6, 6.07) is 0. The number of hydrogen-bond donors (Lipinski definition) is 6. The van der Waals surface area contributed by atoms with E-state index in [1.165, 1.54) is 5.01 Å². The SMILES string of the molecule is N#N.O=NN1CCS(=O)(=O)CC1.O=N[O-].O=S(=O)(O)CCNCO.O=S(=O)(O)CCO.O=S1(=O)CCNCC1.O=S1(=O)CCOCC1.[H+].[Na+]. The molecule has 25 nitrogen and oxygen atoms in total. The molecule has 0 aromatic rings. The second-order valence-corrected chi connectivity index (χ2v) is 18.4. The van der Waals surface area contributed by atoms with Gasteiger partial charge in [0.15, 0.2) is 29.5 Å². The van der Waals surface area contributed by atoms with Gasteiger partial charge in [0, 0.05) is 30.4 Å². The van der Waals surface area contributed by atoms with E-state index in [2.05, 4.69) is 15.9 Å². The third kappa shape index (κ3) is 46.8. The minimum atomic E-state index is -3.92. The van der Waals surface area contributed by atoms with Crippen molar-refractivity contribution in [3.8, 4) is 0 Å². The van der Waals surface area contributed by atoms with Crippen LogP contribution in [-0.2, 0) is 54.5 Å². The van der Waals surface area contributed by atoms with E-state index in [9.17, 15) is 47.0 Å². The third-order valence-corrected chi connectivity index (χ3v) is 10.9. The van der Waals surface area contributed by atoms with Crippen LogP contribution in [0.5, 0.6) is 0 Å². The first-order chi connectivity index (χ1) is 21.6. The molecule has 0 spiro atoms. The first-order valence-electron chi connectivity index (χ1n) is 12.5. The Balaban J connectivity index is -0.000000113. The quantitative estimate of drug-likeness (QED) is 0.0264. The fourth-order valence-corrected chi connectivity index (χ4v) is 6.32. The molecule has 48 heavy (non-hydrogen) atoms. The zero-order valence-corrected chi connectivity index (χ0v) is 31.9. The number of aliphatic hydroxyl groups excluding tert-OH is 2. The number of rotatable bonds is 7. The van der Waals surface area contributed by atoms with Gasteiger partial charge >= 0.3 is 31.0 Å². The van der Waals surface area contributed by atoms with E-state index in [0.29, 0.717) is 37.8 Å². The summed E-state index contributed by atoms with van der Waals surface area (Å²) in [5, 5.41) is 46.1.